The number of piperidine rings is 1. The number of carbonyl (C=O) groups is 1. The molecule has 4 atom stereocenters. The zero-order valence-electron chi connectivity index (χ0n) is 12.2. The van der Waals surface area contributed by atoms with Crippen LogP contribution < -0.4 is 0 Å². The molecule has 0 unspecified atom stereocenters. The SMILES string of the molecule is COC(=O)[C@H]1[C@@H](c2ccc(Cl)c(I)c2)C[C@@H]2CC[C@H]1N2C. The summed E-state index contributed by atoms with van der Waals surface area (Å²) in [5, 5.41) is 0.768. The zero-order chi connectivity index (χ0) is 15.1. The van der Waals surface area contributed by atoms with Crippen LogP contribution in [0.1, 0.15) is 30.7 Å². The molecule has 3 nitrogen and oxygen atoms in total. The maximum Gasteiger partial charge on any atom is 0.310 e. The van der Waals surface area contributed by atoms with Crippen molar-refractivity contribution in [3.8, 4) is 0 Å². The Kier molecular flexibility index (Phi) is 4.48. The molecular weight excluding hydrogens is 401 g/mol. The smallest absolute Gasteiger partial charge is 0.310 e. The number of fused-ring (bicyclic) bond motifs is 2. The number of methoxy groups -OCH3 is 1. The first kappa shape index (κ1) is 15.6. The lowest BCUT2D eigenvalue weighted by atomic mass is 9.76. The number of esters is 1. The highest BCUT2D eigenvalue weighted by Gasteiger charge is 2.49. The quantitative estimate of drug-likeness (QED) is 0.541. The minimum Gasteiger partial charge on any atom is -0.469 e. The van der Waals surface area contributed by atoms with Gasteiger partial charge in [0.25, 0.3) is 0 Å². The van der Waals surface area contributed by atoms with Crippen LogP contribution in [0, 0.1) is 9.49 Å². The standard InChI is InChI=1S/C16H19ClINO2/c1-19-10-4-6-14(19)15(16(20)21-2)11(8-10)9-3-5-12(17)13(18)7-9/h3,5,7,10-11,14-15H,4,6,8H2,1-2H3/t10-,11+,14+,15-/m0/s1. The van der Waals surface area contributed by atoms with Crippen molar-refractivity contribution in [2.45, 2.75) is 37.3 Å². The van der Waals surface area contributed by atoms with Crippen LogP contribution in [0.4, 0.5) is 0 Å². The summed E-state index contributed by atoms with van der Waals surface area (Å²) >= 11 is 8.38. The van der Waals surface area contributed by atoms with E-state index in [1.165, 1.54) is 19.1 Å². The summed E-state index contributed by atoms with van der Waals surface area (Å²) in [4.78, 5) is 14.7. The summed E-state index contributed by atoms with van der Waals surface area (Å²) in [7, 11) is 3.63. The average Bonchev–Trinajstić information content (AvgIpc) is 2.72. The Bertz CT molecular complexity index is 565. The first-order valence-electron chi connectivity index (χ1n) is 7.27. The molecule has 5 heteroatoms. The second kappa shape index (κ2) is 6.05. The molecule has 2 heterocycles. The number of ether oxygens (including phenoxy) is 1. The molecule has 2 fully saturated rings. The molecule has 1 aromatic rings. The molecule has 2 bridgehead atoms. The third kappa shape index (κ3) is 2.70. The molecule has 2 aliphatic heterocycles. The van der Waals surface area contributed by atoms with E-state index in [0.717, 1.165) is 21.4 Å². The largest absolute Gasteiger partial charge is 0.469 e. The van der Waals surface area contributed by atoms with E-state index in [1.807, 2.05) is 6.07 Å². The third-order valence-electron chi connectivity index (χ3n) is 5.11. The predicted octanol–water partition coefficient (Wildman–Crippen LogP) is 3.68. The van der Waals surface area contributed by atoms with Crippen molar-refractivity contribution < 1.29 is 9.53 Å². The molecule has 2 aliphatic rings. The Labute approximate surface area is 144 Å². The van der Waals surface area contributed by atoms with Gasteiger partial charge in [0.1, 0.15) is 0 Å². The van der Waals surface area contributed by atoms with Crippen LogP contribution in [0.3, 0.4) is 0 Å². The molecule has 0 N–H and O–H groups in total. The molecule has 0 radical (unpaired) electrons. The Balaban J connectivity index is 1.98. The van der Waals surface area contributed by atoms with Gasteiger partial charge in [-0.3, -0.25) is 9.69 Å². The van der Waals surface area contributed by atoms with E-state index in [0.29, 0.717) is 12.1 Å². The maximum atomic E-state index is 12.4. The minimum atomic E-state index is -0.0813. The Morgan fingerprint density at radius 1 is 1.43 bits per heavy atom. The van der Waals surface area contributed by atoms with Gasteiger partial charge in [0.15, 0.2) is 0 Å². The average molecular weight is 420 g/mol. The number of hydrogen-bond donors (Lipinski definition) is 0. The lowest BCUT2D eigenvalue weighted by molar-refractivity contribution is -0.150. The predicted molar refractivity (Wildman–Crippen MR) is 91.6 cm³/mol. The fraction of sp³-hybridized carbons (Fsp3) is 0.562. The minimum absolute atomic E-state index is 0.0734. The van der Waals surface area contributed by atoms with Crippen LogP contribution in [0.5, 0.6) is 0 Å². The second-order valence-electron chi connectivity index (χ2n) is 6.03. The van der Waals surface area contributed by atoms with Gasteiger partial charge in [-0.25, -0.2) is 0 Å². The van der Waals surface area contributed by atoms with Gasteiger partial charge in [0.2, 0.25) is 0 Å². The molecule has 0 spiro atoms. The van der Waals surface area contributed by atoms with E-state index in [9.17, 15) is 4.79 Å². The molecule has 0 aromatic heterocycles. The van der Waals surface area contributed by atoms with Crippen molar-refractivity contribution in [2.24, 2.45) is 5.92 Å². The third-order valence-corrected chi connectivity index (χ3v) is 6.65. The number of halogens is 2. The van der Waals surface area contributed by atoms with E-state index in [-0.39, 0.29) is 17.8 Å². The van der Waals surface area contributed by atoms with Crippen LogP contribution in [-0.2, 0) is 9.53 Å². The first-order valence-corrected chi connectivity index (χ1v) is 8.73. The summed E-state index contributed by atoms with van der Waals surface area (Å²) in [6.45, 7) is 0. The zero-order valence-corrected chi connectivity index (χ0v) is 15.1. The van der Waals surface area contributed by atoms with E-state index < -0.39 is 0 Å². The molecule has 3 rings (SSSR count). The highest BCUT2D eigenvalue weighted by Crippen LogP contribution is 2.47. The van der Waals surface area contributed by atoms with Crippen LogP contribution in [-0.4, -0.2) is 37.1 Å². The molecule has 21 heavy (non-hydrogen) atoms. The first-order chi connectivity index (χ1) is 10.0. The number of benzene rings is 1. The van der Waals surface area contributed by atoms with Gasteiger partial charge in [-0.2, -0.15) is 0 Å². The van der Waals surface area contributed by atoms with E-state index in [2.05, 4.69) is 46.7 Å². The summed E-state index contributed by atoms with van der Waals surface area (Å²) in [6, 6.07) is 7.00. The summed E-state index contributed by atoms with van der Waals surface area (Å²) < 4.78 is 6.14. The van der Waals surface area contributed by atoms with Crippen LogP contribution in [0.2, 0.25) is 5.02 Å². The summed E-state index contributed by atoms with van der Waals surface area (Å²) in [5.74, 6) is 0.0785. The summed E-state index contributed by atoms with van der Waals surface area (Å²) in [5.41, 5.74) is 1.21. The van der Waals surface area contributed by atoms with Crippen LogP contribution >= 0.6 is 34.2 Å². The van der Waals surface area contributed by atoms with Crippen molar-refractivity contribution in [3.63, 3.8) is 0 Å². The van der Waals surface area contributed by atoms with Gasteiger partial charge in [-0.1, -0.05) is 17.7 Å². The second-order valence-corrected chi connectivity index (χ2v) is 7.60. The van der Waals surface area contributed by atoms with Crippen molar-refractivity contribution >= 4 is 40.2 Å². The fourth-order valence-electron chi connectivity index (χ4n) is 4.01. The van der Waals surface area contributed by atoms with Gasteiger partial charge in [-0.05, 0) is 66.6 Å². The Hall–Kier alpha value is -0.330. The van der Waals surface area contributed by atoms with Crippen molar-refractivity contribution in [1.29, 1.82) is 0 Å². The van der Waals surface area contributed by atoms with Gasteiger partial charge in [0.05, 0.1) is 18.1 Å². The van der Waals surface area contributed by atoms with E-state index in [4.69, 9.17) is 16.3 Å². The van der Waals surface area contributed by atoms with E-state index >= 15 is 0 Å². The maximum absolute atomic E-state index is 12.4. The monoisotopic (exact) mass is 419 g/mol. The van der Waals surface area contributed by atoms with Gasteiger partial charge < -0.3 is 4.74 Å². The highest BCUT2D eigenvalue weighted by atomic mass is 127. The number of carbonyl (C=O) groups excluding carboxylic acids is 1. The molecule has 1 aromatic carbocycles. The topological polar surface area (TPSA) is 29.5 Å². The highest BCUT2D eigenvalue weighted by molar-refractivity contribution is 14.1. The number of nitrogens with zero attached hydrogens (tertiary/aromatic N) is 1. The number of hydrogen-bond acceptors (Lipinski definition) is 3. The van der Waals surface area contributed by atoms with Crippen molar-refractivity contribution in [3.05, 3.63) is 32.4 Å². The van der Waals surface area contributed by atoms with E-state index in [1.54, 1.807) is 0 Å². The lowest BCUT2D eigenvalue weighted by Crippen LogP contribution is -2.49. The molecular formula is C16H19ClINO2. The van der Waals surface area contributed by atoms with Crippen molar-refractivity contribution in [2.75, 3.05) is 14.2 Å². The molecule has 0 aliphatic carbocycles. The molecule has 2 saturated heterocycles. The Morgan fingerprint density at radius 3 is 2.86 bits per heavy atom. The molecule has 0 saturated carbocycles. The molecule has 114 valence electrons. The summed E-state index contributed by atoms with van der Waals surface area (Å²) in [6.07, 6.45) is 3.28. The van der Waals surface area contributed by atoms with Crippen LogP contribution in [0.15, 0.2) is 18.2 Å². The van der Waals surface area contributed by atoms with Crippen LogP contribution in [0.25, 0.3) is 0 Å². The normalized spacial score (nSPS) is 32.2. The van der Waals surface area contributed by atoms with Gasteiger partial charge in [-0.15, -0.1) is 0 Å². The van der Waals surface area contributed by atoms with Gasteiger partial charge in [0, 0.05) is 21.6 Å². The Morgan fingerprint density at radius 2 is 2.19 bits per heavy atom. The number of rotatable bonds is 2. The lowest BCUT2D eigenvalue weighted by Gasteiger charge is -2.41. The fourth-order valence-corrected chi connectivity index (χ4v) is 4.67. The molecule has 0 amide bonds. The van der Waals surface area contributed by atoms with Gasteiger partial charge >= 0.3 is 5.97 Å². The van der Waals surface area contributed by atoms with Crippen molar-refractivity contribution in [1.82, 2.24) is 4.90 Å².